The number of hydrogen-bond acceptors (Lipinski definition) is 3. The second-order valence-corrected chi connectivity index (χ2v) is 7.25. The van der Waals surface area contributed by atoms with Gasteiger partial charge in [-0.15, -0.1) is 11.3 Å². The Hall–Kier alpha value is -2.70. The number of nitrogens with one attached hydrogen (secondary N) is 2. The molecule has 1 aromatic heterocycles. The van der Waals surface area contributed by atoms with Crippen LogP contribution >= 0.6 is 27.3 Å². The summed E-state index contributed by atoms with van der Waals surface area (Å²) < 4.78 is 0.854. The van der Waals surface area contributed by atoms with Crippen molar-refractivity contribution in [1.29, 1.82) is 0 Å². The number of thiophene rings is 1. The summed E-state index contributed by atoms with van der Waals surface area (Å²) in [6, 6.07) is 19.8. The first-order valence-corrected chi connectivity index (χ1v) is 9.47. The van der Waals surface area contributed by atoms with Gasteiger partial charge in [0.2, 0.25) is 0 Å². The van der Waals surface area contributed by atoms with Crippen LogP contribution in [0.5, 0.6) is 0 Å². The predicted octanol–water partition coefficient (Wildman–Crippen LogP) is 4.92. The Morgan fingerprint density at radius 3 is 2.46 bits per heavy atom. The van der Waals surface area contributed by atoms with Crippen molar-refractivity contribution in [3.8, 4) is 0 Å². The zero-order chi connectivity index (χ0) is 18.4. The van der Waals surface area contributed by atoms with Gasteiger partial charge in [-0.1, -0.05) is 46.3 Å². The van der Waals surface area contributed by atoms with E-state index in [0.29, 0.717) is 11.3 Å². The van der Waals surface area contributed by atoms with Crippen LogP contribution in [0.15, 0.2) is 82.3 Å². The molecule has 0 radical (unpaired) electrons. The van der Waals surface area contributed by atoms with E-state index in [4.69, 9.17) is 0 Å². The largest absolute Gasteiger partial charge is 0.321 e. The molecule has 0 saturated carbocycles. The van der Waals surface area contributed by atoms with Gasteiger partial charge in [0.1, 0.15) is 5.70 Å². The third-order valence-electron chi connectivity index (χ3n) is 3.44. The van der Waals surface area contributed by atoms with E-state index in [1.807, 2.05) is 35.7 Å². The van der Waals surface area contributed by atoms with Gasteiger partial charge in [0.25, 0.3) is 11.8 Å². The molecule has 0 fully saturated rings. The molecule has 4 nitrogen and oxygen atoms in total. The fourth-order valence-electron chi connectivity index (χ4n) is 2.22. The van der Waals surface area contributed by atoms with E-state index in [2.05, 4.69) is 26.6 Å². The maximum Gasteiger partial charge on any atom is 0.272 e. The van der Waals surface area contributed by atoms with Crippen LogP contribution in [-0.2, 0) is 4.79 Å². The average Bonchev–Trinajstić information content (AvgIpc) is 3.15. The van der Waals surface area contributed by atoms with Gasteiger partial charge in [-0.05, 0) is 47.9 Å². The molecule has 0 saturated heterocycles. The van der Waals surface area contributed by atoms with Crippen LogP contribution in [0.1, 0.15) is 15.2 Å². The van der Waals surface area contributed by atoms with Crippen molar-refractivity contribution >= 4 is 50.8 Å². The van der Waals surface area contributed by atoms with Crippen LogP contribution in [0.25, 0.3) is 6.08 Å². The summed E-state index contributed by atoms with van der Waals surface area (Å²) >= 11 is 4.86. The molecule has 130 valence electrons. The number of rotatable bonds is 5. The number of anilines is 1. The topological polar surface area (TPSA) is 58.2 Å². The number of hydrogen-bond donors (Lipinski definition) is 2. The van der Waals surface area contributed by atoms with Gasteiger partial charge >= 0.3 is 0 Å². The summed E-state index contributed by atoms with van der Waals surface area (Å²) in [5.41, 5.74) is 1.30. The summed E-state index contributed by atoms with van der Waals surface area (Å²) in [7, 11) is 0. The summed E-state index contributed by atoms with van der Waals surface area (Å²) in [5, 5.41) is 7.43. The molecule has 3 rings (SSSR count). The van der Waals surface area contributed by atoms with E-state index in [-0.39, 0.29) is 17.5 Å². The summed E-state index contributed by atoms with van der Waals surface area (Å²) in [5.74, 6) is -0.724. The van der Waals surface area contributed by atoms with Crippen LogP contribution in [0.2, 0.25) is 0 Å². The Labute approximate surface area is 163 Å². The van der Waals surface area contributed by atoms with Gasteiger partial charge in [0, 0.05) is 20.6 Å². The minimum atomic E-state index is -0.388. The second kappa shape index (κ2) is 8.60. The lowest BCUT2D eigenvalue weighted by atomic mass is 10.2. The predicted molar refractivity (Wildman–Crippen MR) is 109 cm³/mol. The first-order chi connectivity index (χ1) is 12.6. The molecule has 0 atom stereocenters. The van der Waals surface area contributed by atoms with Gasteiger partial charge in [0.05, 0.1) is 0 Å². The fraction of sp³-hybridized carbons (Fsp3) is 0. The van der Waals surface area contributed by atoms with E-state index in [1.165, 1.54) is 11.3 Å². The minimum Gasteiger partial charge on any atom is -0.321 e. The van der Waals surface area contributed by atoms with Gasteiger partial charge < -0.3 is 10.6 Å². The minimum absolute atomic E-state index is 0.182. The fourth-order valence-corrected chi connectivity index (χ4v) is 3.28. The summed E-state index contributed by atoms with van der Waals surface area (Å²) in [6.45, 7) is 0. The highest BCUT2D eigenvalue weighted by molar-refractivity contribution is 9.10. The van der Waals surface area contributed by atoms with Crippen molar-refractivity contribution < 1.29 is 9.59 Å². The first-order valence-electron chi connectivity index (χ1n) is 7.80. The van der Waals surface area contributed by atoms with Crippen LogP contribution in [0.3, 0.4) is 0 Å². The van der Waals surface area contributed by atoms with E-state index < -0.39 is 0 Å². The molecular formula is C20H15BrN2O2S. The molecule has 2 amide bonds. The molecule has 0 bridgehead atoms. The zero-order valence-electron chi connectivity index (χ0n) is 13.6. The molecule has 2 aromatic carbocycles. The third kappa shape index (κ3) is 4.91. The van der Waals surface area contributed by atoms with Crippen molar-refractivity contribution in [2.45, 2.75) is 0 Å². The van der Waals surface area contributed by atoms with Crippen LogP contribution < -0.4 is 10.6 Å². The molecule has 0 unspecified atom stereocenters. The molecule has 0 aliphatic rings. The first kappa shape index (κ1) is 18.1. The molecule has 0 aliphatic heterocycles. The molecule has 0 aliphatic carbocycles. The second-order valence-electron chi connectivity index (χ2n) is 5.36. The summed E-state index contributed by atoms with van der Waals surface area (Å²) in [6.07, 6.45) is 1.67. The molecular weight excluding hydrogens is 412 g/mol. The molecule has 1 heterocycles. The number of amides is 2. The maximum atomic E-state index is 12.7. The molecule has 0 spiro atoms. The Bertz CT molecular complexity index is 937. The van der Waals surface area contributed by atoms with E-state index in [0.717, 1.165) is 9.35 Å². The molecule has 2 N–H and O–H groups in total. The van der Waals surface area contributed by atoms with E-state index in [9.17, 15) is 9.59 Å². The van der Waals surface area contributed by atoms with Crippen molar-refractivity contribution in [1.82, 2.24) is 5.32 Å². The average molecular weight is 427 g/mol. The van der Waals surface area contributed by atoms with Gasteiger partial charge in [-0.3, -0.25) is 9.59 Å². The zero-order valence-corrected chi connectivity index (χ0v) is 16.0. The number of halogens is 1. The SMILES string of the molecule is O=C(Nc1cccc(Br)c1)C(=Cc1cccs1)NC(=O)c1ccccc1. The van der Waals surface area contributed by atoms with Crippen LogP contribution in [-0.4, -0.2) is 11.8 Å². The molecule has 26 heavy (non-hydrogen) atoms. The normalized spacial score (nSPS) is 11.0. The smallest absolute Gasteiger partial charge is 0.272 e. The lowest BCUT2D eigenvalue weighted by Gasteiger charge is -2.11. The maximum absolute atomic E-state index is 12.7. The lowest BCUT2D eigenvalue weighted by Crippen LogP contribution is -2.30. The Kier molecular flexibility index (Phi) is 5.99. The highest BCUT2D eigenvalue weighted by atomic mass is 79.9. The van der Waals surface area contributed by atoms with Crippen molar-refractivity contribution in [2.24, 2.45) is 0 Å². The summed E-state index contributed by atoms with van der Waals surface area (Å²) in [4.78, 5) is 26.0. The highest BCUT2D eigenvalue weighted by Crippen LogP contribution is 2.18. The van der Waals surface area contributed by atoms with Gasteiger partial charge in [0.15, 0.2) is 0 Å². The molecule has 3 aromatic rings. The van der Waals surface area contributed by atoms with Crippen LogP contribution in [0, 0.1) is 0 Å². The lowest BCUT2D eigenvalue weighted by molar-refractivity contribution is -0.113. The number of benzene rings is 2. The number of carbonyl (C=O) groups is 2. The standard InChI is InChI=1S/C20H15BrN2O2S/c21-15-8-4-9-16(12-15)22-20(25)18(13-17-10-5-11-26-17)23-19(24)14-6-2-1-3-7-14/h1-13H,(H,22,25)(H,23,24). The van der Waals surface area contributed by atoms with Crippen molar-refractivity contribution in [3.63, 3.8) is 0 Å². The van der Waals surface area contributed by atoms with Crippen molar-refractivity contribution in [3.05, 3.63) is 92.7 Å². The van der Waals surface area contributed by atoms with E-state index >= 15 is 0 Å². The number of carbonyl (C=O) groups excluding carboxylic acids is 2. The van der Waals surface area contributed by atoms with Crippen molar-refractivity contribution in [2.75, 3.05) is 5.32 Å². The van der Waals surface area contributed by atoms with Crippen LogP contribution in [0.4, 0.5) is 5.69 Å². The monoisotopic (exact) mass is 426 g/mol. The Morgan fingerprint density at radius 1 is 0.962 bits per heavy atom. The quantitative estimate of drug-likeness (QED) is 0.568. The molecule has 6 heteroatoms. The Morgan fingerprint density at radius 2 is 1.77 bits per heavy atom. The third-order valence-corrected chi connectivity index (χ3v) is 4.75. The van der Waals surface area contributed by atoms with E-state index in [1.54, 1.807) is 42.5 Å². The van der Waals surface area contributed by atoms with Gasteiger partial charge in [-0.25, -0.2) is 0 Å². The van der Waals surface area contributed by atoms with Gasteiger partial charge in [-0.2, -0.15) is 0 Å². The Balaban J connectivity index is 1.83. The highest BCUT2D eigenvalue weighted by Gasteiger charge is 2.15.